The second kappa shape index (κ2) is 3.41. The molecule has 2 aromatic carbocycles. The molecule has 0 bridgehead atoms. The molecular weight excluding hydrogens is 233 g/mol. The third-order valence-corrected chi connectivity index (χ3v) is 2.35. The molecule has 86 valence electrons. The predicted octanol–water partition coefficient (Wildman–Crippen LogP) is 4.00. The molecule has 0 radical (unpaired) electrons. The minimum absolute atomic E-state index is 0.0157. The van der Waals surface area contributed by atoms with Gasteiger partial charge < -0.3 is 9.47 Å². The van der Waals surface area contributed by atoms with Crippen LogP contribution in [0, 0.1) is 17.5 Å². The molecule has 0 saturated carbocycles. The van der Waals surface area contributed by atoms with Gasteiger partial charge in [0, 0.05) is 6.07 Å². The molecule has 0 aliphatic carbocycles. The first-order valence-electron chi connectivity index (χ1n) is 4.78. The lowest BCUT2D eigenvalue weighted by Gasteiger charge is -2.20. The molecule has 0 amide bonds. The lowest BCUT2D eigenvalue weighted by molar-refractivity contribution is 0.331. The fourth-order valence-electron chi connectivity index (χ4n) is 1.56. The highest BCUT2D eigenvalue weighted by molar-refractivity contribution is 5.54. The van der Waals surface area contributed by atoms with Crippen LogP contribution in [0.4, 0.5) is 13.2 Å². The number of hydrogen-bond acceptors (Lipinski definition) is 2. The van der Waals surface area contributed by atoms with E-state index in [-0.39, 0.29) is 23.0 Å². The van der Waals surface area contributed by atoms with E-state index in [0.717, 1.165) is 12.1 Å². The van der Waals surface area contributed by atoms with Crippen LogP contribution < -0.4 is 9.47 Å². The van der Waals surface area contributed by atoms with Gasteiger partial charge in [0.15, 0.2) is 23.1 Å². The Morgan fingerprint density at radius 2 is 1.53 bits per heavy atom. The fraction of sp³-hybridized carbons (Fsp3) is 0. The first kappa shape index (κ1) is 10.0. The van der Waals surface area contributed by atoms with Crippen LogP contribution in [-0.2, 0) is 0 Å². The number of halogens is 3. The number of fused-ring (bicyclic) bond motifs is 2. The SMILES string of the molecule is Fc1ccc2c(c1)Oc1c(ccc(F)c1F)O2. The zero-order valence-corrected chi connectivity index (χ0v) is 8.34. The third-order valence-electron chi connectivity index (χ3n) is 2.35. The summed E-state index contributed by atoms with van der Waals surface area (Å²) in [5.41, 5.74) is 0. The Hall–Kier alpha value is -2.17. The third kappa shape index (κ3) is 1.51. The average Bonchev–Trinajstić information content (AvgIpc) is 2.32. The maximum atomic E-state index is 13.4. The standard InChI is InChI=1S/C12H5F3O2/c13-6-1-3-8-10(5-6)17-12-9(16-8)4-2-7(14)11(12)15/h1-5H. The number of ether oxygens (including phenoxy) is 2. The van der Waals surface area contributed by atoms with Crippen molar-refractivity contribution >= 4 is 0 Å². The zero-order chi connectivity index (χ0) is 12.0. The van der Waals surface area contributed by atoms with E-state index in [1.54, 1.807) is 0 Å². The van der Waals surface area contributed by atoms with E-state index in [9.17, 15) is 13.2 Å². The summed E-state index contributed by atoms with van der Waals surface area (Å²) < 4.78 is 49.7. The monoisotopic (exact) mass is 238 g/mol. The van der Waals surface area contributed by atoms with Gasteiger partial charge in [-0.2, -0.15) is 4.39 Å². The van der Waals surface area contributed by atoms with Crippen molar-refractivity contribution in [2.24, 2.45) is 0 Å². The summed E-state index contributed by atoms with van der Waals surface area (Å²) in [6, 6.07) is 5.77. The van der Waals surface area contributed by atoms with E-state index in [1.165, 1.54) is 18.2 Å². The number of rotatable bonds is 0. The topological polar surface area (TPSA) is 18.5 Å². The molecule has 0 aromatic heterocycles. The van der Waals surface area contributed by atoms with E-state index in [4.69, 9.17) is 9.47 Å². The highest BCUT2D eigenvalue weighted by atomic mass is 19.2. The fourth-order valence-corrected chi connectivity index (χ4v) is 1.56. The Morgan fingerprint density at radius 1 is 0.765 bits per heavy atom. The molecule has 1 aliphatic heterocycles. The molecule has 2 aromatic rings. The van der Waals surface area contributed by atoms with E-state index in [2.05, 4.69) is 0 Å². The van der Waals surface area contributed by atoms with Gasteiger partial charge in [-0.3, -0.25) is 0 Å². The highest BCUT2D eigenvalue weighted by Gasteiger charge is 2.24. The van der Waals surface area contributed by atoms with Crippen LogP contribution in [0.25, 0.3) is 0 Å². The van der Waals surface area contributed by atoms with E-state index >= 15 is 0 Å². The number of hydrogen-bond donors (Lipinski definition) is 0. The van der Waals surface area contributed by atoms with Gasteiger partial charge in [-0.1, -0.05) is 0 Å². The summed E-state index contributed by atoms with van der Waals surface area (Å²) in [7, 11) is 0. The van der Waals surface area contributed by atoms with Gasteiger partial charge in [0.1, 0.15) is 5.82 Å². The Labute approximate surface area is 94.2 Å². The molecule has 0 spiro atoms. The smallest absolute Gasteiger partial charge is 0.208 e. The maximum absolute atomic E-state index is 13.4. The Kier molecular flexibility index (Phi) is 2.01. The van der Waals surface area contributed by atoms with Crippen molar-refractivity contribution in [2.45, 2.75) is 0 Å². The van der Waals surface area contributed by atoms with Crippen molar-refractivity contribution in [2.75, 3.05) is 0 Å². The van der Waals surface area contributed by atoms with Crippen LogP contribution in [0.1, 0.15) is 0 Å². The van der Waals surface area contributed by atoms with Crippen molar-refractivity contribution in [3.8, 4) is 23.0 Å². The normalized spacial score (nSPS) is 12.2. The average molecular weight is 238 g/mol. The van der Waals surface area contributed by atoms with Crippen LogP contribution in [0.5, 0.6) is 23.0 Å². The van der Waals surface area contributed by atoms with Crippen molar-refractivity contribution in [3.63, 3.8) is 0 Å². The van der Waals surface area contributed by atoms with E-state index in [1.807, 2.05) is 0 Å². The minimum Gasteiger partial charge on any atom is -0.449 e. The largest absolute Gasteiger partial charge is 0.449 e. The zero-order valence-electron chi connectivity index (χ0n) is 8.34. The molecule has 17 heavy (non-hydrogen) atoms. The summed E-state index contributed by atoms with van der Waals surface area (Å²) >= 11 is 0. The van der Waals surface area contributed by atoms with Gasteiger partial charge in [0.2, 0.25) is 11.6 Å². The van der Waals surface area contributed by atoms with Gasteiger partial charge in [0.05, 0.1) is 0 Å². The quantitative estimate of drug-likeness (QED) is 0.589. The van der Waals surface area contributed by atoms with Crippen molar-refractivity contribution < 1.29 is 22.6 Å². The second-order valence-electron chi connectivity index (χ2n) is 3.48. The first-order valence-corrected chi connectivity index (χ1v) is 4.78. The lowest BCUT2D eigenvalue weighted by atomic mass is 10.2. The molecule has 0 saturated heterocycles. The van der Waals surface area contributed by atoms with Crippen LogP contribution in [0.15, 0.2) is 30.3 Å². The molecule has 5 heteroatoms. The summed E-state index contributed by atoms with van der Waals surface area (Å²) in [5.74, 6) is -2.80. The summed E-state index contributed by atoms with van der Waals surface area (Å²) in [5, 5.41) is 0. The molecule has 0 unspecified atom stereocenters. The van der Waals surface area contributed by atoms with E-state index < -0.39 is 17.5 Å². The minimum atomic E-state index is -1.16. The molecular formula is C12H5F3O2. The second-order valence-corrected chi connectivity index (χ2v) is 3.48. The van der Waals surface area contributed by atoms with Gasteiger partial charge in [0.25, 0.3) is 0 Å². The molecule has 1 aliphatic rings. The maximum Gasteiger partial charge on any atom is 0.208 e. The molecule has 0 atom stereocenters. The highest BCUT2D eigenvalue weighted by Crippen LogP contribution is 2.46. The van der Waals surface area contributed by atoms with Gasteiger partial charge in [-0.15, -0.1) is 0 Å². The summed E-state index contributed by atoms with van der Waals surface area (Å²) in [6.45, 7) is 0. The van der Waals surface area contributed by atoms with Crippen LogP contribution in [0.2, 0.25) is 0 Å². The molecule has 0 fully saturated rings. The molecule has 2 nitrogen and oxygen atoms in total. The van der Waals surface area contributed by atoms with Crippen LogP contribution in [-0.4, -0.2) is 0 Å². The van der Waals surface area contributed by atoms with Crippen LogP contribution >= 0.6 is 0 Å². The number of benzene rings is 2. The lowest BCUT2D eigenvalue weighted by Crippen LogP contribution is -2.02. The van der Waals surface area contributed by atoms with E-state index in [0.29, 0.717) is 0 Å². The van der Waals surface area contributed by atoms with Crippen molar-refractivity contribution in [3.05, 3.63) is 47.8 Å². The first-order chi connectivity index (χ1) is 8.15. The Bertz CT molecular complexity index is 611. The van der Waals surface area contributed by atoms with Gasteiger partial charge >= 0.3 is 0 Å². The Balaban J connectivity index is 2.14. The van der Waals surface area contributed by atoms with Gasteiger partial charge in [-0.05, 0) is 24.3 Å². The summed E-state index contributed by atoms with van der Waals surface area (Å²) in [6.07, 6.45) is 0. The molecule has 1 heterocycles. The van der Waals surface area contributed by atoms with Gasteiger partial charge in [-0.25, -0.2) is 8.78 Å². The van der Waals surface area contributed by atoms with Crippen LogP contribution in [0.3, 0.4) is 0 Å². The molecule has 0 N–H and O–H groups in total. The van der Waals surface area contributed by atoms with Crippen molar-refractivity contribution in [1.29, 1.82) is 0 Å². The predicted molar refractivity (Wildman–Crippen MR) is 52.9 cm³/mol. The Morgan fingerprint density at radius 3 is 2.35 bits per heavy atom. The molecule has 3 rings (SSSR count). The van der Waals surface area contributed by atoms with Crippen molar-refractivity contribution in [1.82, 2.24) is 0 Å². The summed E-state index contributed by atoms with van der Waals surface area (Å²) in [4.78, 5) is 0.